The number of carbonyl (C=O) groups is 1. The van der Waals surface area contributed by atoms with Gasteiger partial charge in [0.1, 0.15) is 0 Å². The minimum Gasteiger partial charge on any atom is -0.357 e. The fourth-order valence-electron chi connectivity index (χ4n) is 2.23. The number of nitrogens with one attached hydrogen (secondary N) is 2. The molecule has 0 spiro atoms. The molecule has 1 aromatic carbocycles. The molecule has 0 fully saturated rings. The molecule has 0 radical (unpaired) electrons. The van der Waals surface area contributed by atoms with Gasteiger partial charge in [-0.25, -0.2) is 0 Å². The van der Waals surface area contributed by atoms with Crippen LogP contribution >= 0.6 is 0 Å². The second kappa shape index (κ2) is 10.7. The monoisotopic (exact) mass is 372 g/mol. The van der Waals surface area contributed by atoms with E-state index in [0.717, 1.165) is 24.1 Å². The fraction of sp³-hybridized carbons (Fsp3) is 0.556. The Hall–Kier alpha value is -2.25. The van der Waals surface area contributed by atoms with Gasteiger partial charge in [-0.1, -0.05) is 19.1 Å². The van der Waals surface area contributed by atoms with E-state index in [1.54, 1.807) is 7.05 Å². The van der Waals surface area contributed by atoms with E-state index in [2.05, 4.69) is 15.6 Å². The predicted molar refractivity (Wildman–Crippen MR) is 96.8 cm³/mol. The van der Waals surface area contributed by atoms with E-state index >= 15 is 0 Å². The number of aliphatic imine (C=N–C) groups is 1. The molecule has 0 heterocycles. The number of guanidine groups is 1. The van der Waals surface area contributed by atoms with E-state index in [9.17, 15) is 18.0 Å². The molecule has 0 aliphatic heterocycles. The van der Waals surface area contributed by atoms with Crippen LogP contribution in [0.25, 0.3) is 0 Å². The Kier molecular flexibility index (Phi) is 8.95. The van der Waals surface area contributed by atoms with E-state index in [4.69, 9.17) is 0 Å². The van der Waals surface area contributed by atoms with Crippen LogP contribution in [0, 0.1) is 0 Å². The van der Waals surface area contributed by atoms with Crippen LogP contribution < -0.4 is 10.6 Å². The number of benzene rings is 1. The van der Waals surface area contributed by atoms with Crippen LogP contribution in [-0.4, -0.2) is 43.4 Å². The number of amides is 1. The molecule has 0 saturated carbocycles. The summed E-state index contributed by atoms with van der Waals surface area (Å²) in [6.45, 7) is 5.96. The quantitative estimate of drug-likeness (QED) is 0.545. The summed E-state index contributed by atoms with van der Waals surface area (Å²) in [4.78, 5) is 17.8. The number of alkyl halides is 3. The second-order valence-corrected chi connectivity index (χ2v) is 5.89. The molecule has 2 N–H and O–H groups in total. The molecule has 1 amide bonds. The van der Waals surface area contributed by atoms with Gasteiger partial charge in [0.25, 0.3) is 0 Å². The van der Waals surface area contributed by atoms with Crippen LogP contribution in [-0.2, 0) is 17.5 Å². The first-order valence-electron chi connectivity index (χ1n) is 8.70. The van der Waals surface area contributed by atoms with Gasteiger partial charge >= 0.3 is 6.18 Å². The molecule has 1 rings (SSSR count). The van der Waals surface area contributed by atoms with Crippen LogP contribution in [0.5, 0.6) is 0 Å². The van der Waals surface area contributed by atoms with Crippen molar-refractivity contribution < 1.29 is 18.0 Å². The molecule has 0 unspecified atom stereocenters. The van der Waals surface area contributed by atoms with Gasteiger partial charge < -0.3 is 15.5 Å². The summed E-state index contributed by atoms with van der Waals surface area (Å²) in [7, 11) is 1.80. The minimum absolute atomic E-state index is 0.0446. The molecule has 0 atom stereocenters. The maximum Gasteiger partial charge on any atom is 0.416 e. The lowest BCUT2D eigenvalue weighted by atomic mass is 10.1. The highest BCUT2D eigenvalue weighted by Gasteiger charge is 2.29. The standard InChI is InChI=1S/C18H27F3N4O/c1-4-11-23-16(26)10-12-24-17(22-5-2)25(3)13-14-6-8-15(9-7-14)18(19,20)21/h6-9H,4-5,10-13H2,1-3H3,(H,22,24)(H,23,26). The highest BCUT2D eigenvalue weighted by atomic mass is 19.4. The fourth-order valence-corrected chi connectivity index (χ4v) is 2.23. The maximum absolute atomic E-state index is 12.6. The summed E-state index contributed by atoms with van der Waals surface area (Å²) in [5.74, 6) is 0.563. The van der Waals surface area contributed by atoms with Gasteiger partial charge in [0, 0.05) is 33.1 Å². The third-order valence-corrected chi connectivity index (χ3v) is 3.57. The molecule has 8 heteroatoms. The van der Waals surface area contributed by atoms with E-state index in [1.165, 1.54) is 12.1 Å². The number of hydrogen-bond acceptors (Lipinski definition) is 2. The Labute approximate surface area is 152 Å². The topological polar surface area (TPSA) is 56.7 Å². The molecule has 0 aliphatic rings. The van der Waals surface area contributed by atoms with Crippen molar-refractivity contribution >= 4 is 11.9 Å². The second-order valence-electron chi connectivity index (χ2n) is 5.89. The zero-order chi connectivity index (χ0) is 19.6. The van der Waals surface area contributed by atoms with E-state index in [0.29, 0.717) is 38.6 Å². The summed E-state index contributed by atoms with van der Waals surface area (Å²) in [6, 6.07) is 5.07. The van der Waals surface area contributed by atoms with Gasteiger partial charge in [0.2, 0.25) is 5.91 Å². The lowest BCUT2D eigenvalue weighted by Gasteiger charge is -2.22. The van der Waals surface area contributed by atoms with Crippen molar-refractivity contribution in [2.75, 3.05) is 26.7 Å². The molecule has 0 aromatic heterocycles. The van der Waals surface area contributed by atoms with Gasteiger partial charge in [-0.2, -0.15) is 13.2 Å². The summed E-state index contributed by atoms with van der Waals surface area (Å²) >= 11 is 0. The predicted octanol–water partition coefficient (Wildman–Crippen LogP) is 3.02. The van der Waals surface area contributed by atoms with Gasteiger partial charge in [-0.3, -0.25) is 9.79 Å². The van der Waals surface area contributed by atoms with Gasteiger partial charge in [-0.05, 0) is 31.0 Å². The number of hydrogen-bond donors (Lipinski definition) is 2. The molecule has 26 heavy (non-hydrogen) atoms. The largest absolute Gasteiger partial charge is 0.416 e. The van der Waals surface area contributed by atoms with Crippen molar-refractivity contribution in [2.24, 2.45) is 4.99 Å². The van der Waals surface area contributed by atoms with E-state index in [1.807, 2.05) is 18.7 Å². The smallest absolute Gasteiger partial charge is 0.357 e. The van der Waals surface area contributed by atoms with Crippen LogP contribution in [0.3, 0.4) is 0 Å². The Morgan fingerprint density at radius 2 is 1.81 bits per heavy atom. The molecular weight excluding hydrogens is 345 g/mol. The molecule has 5 nitrogen and oxygen atoms in total. The summed E-state index contributed by atoms with van der Waals surface area (Å²) < 4.78 is 37.9. The normalized spacial score (nSPS) is 12.0. The van der Waals surface area contributed by atoms with Gasteiger partial charge in [0.15, 0.2) is 5.96 Å². The summed E-state index contributed by atoms with van der Waals surface area (Å²) in [5, 5.41) is 5.91. The average molecular weight is 372 g/mol. The third kappa shape index (κ3) is 7.76. The number of rotatable bonds is 8. The van der Waals surface area contributed by atoms with Crippen molar-refractivity contribution in [1.82, 2.24) is 15.5 Å². The summed E-state index contributed by atoms with van der Waals surface area (Å²) in [5.41, 5.74) is 0.0781. The van der Waals surface area contributed by atoms with Gasteiger partial charge in [-0.15, -0.1) is 0 Å². The highest BCUT2D eigenvalue weighted by molar-refractivity contribution is 5.80. The van der Waals surface area contributed by atoms with Crippen molar-refractivity contribution in [3.8, 4) is 0 Å². The van der Waals surface area contributed by atoms with Crippen molar-refractivity contribution in [1.29, 1.82) is 0 Å². The molecule has 146 valence electrons. The van der Waals surface area contributed by atoms with Crippen LogP contribution in [0.2, 0.25) is 0 Å². The molecule has 0 saturated heterocycles. The van der Waals surface area contributed by atoms with Crippen molar-refractivity contribution in [3.05, 3.63) is 35.4 Å². The first-order chi connectivity index (χ1) is 12.3. The zero-order valence-electron chi connectivity index (χ0n) is 15.5. The first kappa shape index (κ1) is 21.8. The van der Waals surface area contributed by atoms with Crippen molar-refractivity contribution in [3.63, 3.8) is 0 Å². The lowest BCUT2D eigenvalue weighted by Crippen LogP contribution is -2.38. The Morgan fingerprint density at radius 1 is 1.15 bits per heavy atom. The van der Waals surface area contributed by atoms with Crippen LogP contribution in [0.15, 0.2) is 29.3 Å². The maximum atomic E-state index is 12.6. The molecule has 1 aromatic rings. The third-order valence-electron chi connectivity index (χ3n) is 3.57. The minimum atomic E-state index is -4.33. The van der Waals surface area contributed by atoms with E-state index < -0.39 is 11.7 Å². The highest BCUT2D eigenvalue weighted by Crippen LogP contribution is 2.29. The number of halogens is 3. The SMILES string of the molecule is CCCNC(=O)CCN=C(NCC)N(C)Cc1ccc(C(F)(F)F)cc1. The summed E-state index contributed by atoms with van der Waals surface area (Å²) in [6.07, 6.45) is -3.16. The van der Waals surface area contributed by atoms with Crippen LogP contribution in [0.1, 0.15) is 37.8 Å². The Balaban J connectivity index is 2.65. The number of carbonyl (C=O) groups excluding carboxylic acids is 1. The molecule has 0 bridgehead atoms. The Morgan fingerprint density at radius 3 is 2.35 bits per heavy atom. The lowest BCUT2D eigenvalue weighted by molar-refractivity contribution is -0.137. The first-order valence-corrected chi connectivity index (χ1v) is 8.70. The average Bonchev–Trinajstić information content (AvgIpc) is 2.58. The van der Waals surface area contributed by atoms with Gasteiger partial charge in [0.05, 0.1) is 12.1 Å². The van der Waals surface area contributed by atoms with E-state index in [-0.39, 0.29) is 5.91 Å². The number of nitrogens with zero attached hydrogens (tertiary/aromatic N) is 2. The van der Waals surface area contributed by atoms with Crippen molar-refractivity contribution in [2.45, 2.75) is 39.4 Å². The molecule has 0 aliphatic carbocycles. The van der Waals surface area contributed by atoms with Crippen LogP contribution in [0.4, 0.5) is 13.2 Å². The molecular formula is C18H27F3N4O. The Bertz CT molecular complexity index is 585. The zero-order valence-corrected chi connectivity index (χ0v) is 15.5.